The highest BCUT2D eigenvalue weighted by Crippen LogP contribution is 2.29. The lowest BCUT2D eigenvalue weighted by atomic mass is 10.0. The molecular formula is C25H24N4O2. The number of nitrogens with one attached hydrogen (secondary N) is 1. The van der Waals surface area contributed by atoms with Crippen LogP contribution in [0.1, 0.15) is 29.0 Å². The van der Waals surface area contributed by atoms with Gasteiger partial charge in [-0.05, 0) is 38.0 Å². The first-order valence-corrected chi connectivity index (χ1v) is 10.6. The number of anilines is 1. The number of hydrogen-bond donors (Lipinski definition) is 1. The summed E-state index contributed by atoms with van der Waals surface area (Å²) in [5, 5.41) is 4.20. The highest BCUT2D eigenvalue weighted by molar-refractivity contribution is 5.95. The number of carbonyl (C=O) groups is 1. The molecule has 3 heterocycles. The predicted molar refractivity (Wildman–Crippen MR) is 121 cm³/mol. The van der Waals surface area contributed by atoms with Crippen molar-refractivity contribution < 1.29 is 9.21 Å². The van der Waals surface area contributed by atoms with Crippen molar-refractivity contribution in [2.45, 2.75) is 25.8 Å². The van der Waals surface area contributed by atoms with E-state index in [1.165, 1.54) is 0 Å². The van der Waals surface area contributed by atoms with Crippen molar-refractivity contribution in [2.75, 3.05) is 18.0 Å². The molecule has 1 fully saturated rings. The molecule has 4 aromatic rings. The van der Waals surface area contributed by atoms with Gasteiger partial charge in [-0.25, -0.2) is 9.97 Å². The van der Waals surface area contributed by atoms with Crippen LogP contribution in [0.2, 0.25) is 0 Å². The van der Waals surface area contributed by atoms with Gasteiger partial charge in [0, 0.05) is 30.1 Å². The second kappa shape index (κ2) is 8.22. The van der Waals surface area contributed by atoms with Gasteiger partial charge in [-0.1, -0.05) is 42.5 Å². The van der Waals surface area contributed by atoms with Crippen LogP contribution in [-0.2, 0) is 0 Å². The smallest absolute Gasteiger partial charge is 0.255 e. The Labute approximate surface area is 180 Å². The standard InChI is InChI=1S/C25H24N4O2/c1-17-20(13-16-31-17)25(30)26-19-11-14-29(15-12-19)24-21-9-5-6-10-22(21)27-23(28-24)18-7-3-2-4-8-18/h2-10,13,16,19H,11-12,14-15H2,1H3,(H,26,30). The normalized spacial score (nSPS) is 14.7. The molecule has 6 nitrogen and oxygen atoms in total. The summed E-state index contributed by atoms with van der Waals surface area (Å²) in [7, 11) is 0. The van der Waals surface area contributed by atoms with Crippen LogP contribution in [0, 0.1) is 6.92 Å². The van der Waals surface area contributed by atoms with E-state index in [-0.39, 0.29) is 11.9 Å². The Bertz CT molecular complexity index is 1210. The summed E-state index contributed by atoms with van der Waals surface area (Å²) in [6.07, 6.45) is 3.28. The first kappa shape index (κ1) is 19.3. The summed E-state index contributed by atoms with van der Waals surface area (Å²) in [6, 6.07) is 20.1. The molecule has 0 saturated carbocycles. The predicted octanol–water partition coefficient (Wildman–Crippen LogP) is 4.60. The van der Waals surface area contributed by atoms with Gasteiger partial charge >= 0.3 is 0 Å². The number of carbonyl (C=O) groups excluding carboxylic acids is 1. The number of fused-ring (bicyclic) bond motifs is 1. The lowest BCUT2D eigenvalue weighted by molar-refractivity contribution is 0.0929. The molecule has 0 unspecified atom stereocenters. The Kier molecular flexibility index (Phi) is 5.12. The summed E-state index contributed by atoms with van der Waals surface area (Å²) in [6.45, 7) is 3.46. The van der Waals surface area contributed by atoms with Crippen molar-refractivity contribution in [1.29, 1.82) is 0 Å². The molecule has 0 bridgehead atoms. The van der Waals surface area contributed by atoms with E-state index in [0.29, 0.717) is 11.3 Å². The molecule has 31 heavy (non-hydrogen) atoms. The van der Waals surface area contributed by atoms with Crippen LogP contribution in [-0.4, -0.2) is 35.0 Å². The zero-order chi connectivity index (χ0) is 21.2. The number of hydrogen-bond acceptors (Lipinski definition) is 5. The number of rotatable bonds is 4. The zero-order valence-corrected chi connectivity index (χ0v) is 17.4. The monoisotopic (exact) mass is 412 g/mol. The van der Waals surface area contributed by atoms with Crippen molar-refractivity contribution in [1.82, 2.24) is 15.3 Å². The number of para-hydroxylation sites is 1. The first-order chi connectivity index (χ1) is 15.2. The van der Waals surface area contributed by atoms with E-state index in [4.69, 9.17) is 14.4 Å². The number of piperidine rings is 1. The van der Waals surface area contributed by atoms with Gasteiger partial charge in [0.2, 0.25) is 0 Å². The molecule has 156 valence electrons. The summed E-state index contributed by atoms with van der Waals surface area (Å²) < 4.78 is 5.25. The maximum Gasteiger partial charge on any atom is 0.255 e. The molecule has 0 atom stereocenters. The molecule has 1 aliphatic heterocycles. The third-order valence-electron chi connectivity index (χ3n) is 5.85. The maximum atomic E-state index is 12.5. The number of amides is 1. The molecule has 0 spiro atoms. The van der Waals surface area contributed by atoms with Crippen LogP contribution in [0.5, 0.6) is 0 Å². The molecule has 1 amide bonds. The van der Waals surface area contributed by atoms with Gasteiger partial charge in [0.05, 0.1) is 17.3 Å². The lowest BCUT2D eigenvalue weighted by Gasteiger charge is -2.33. The van der Waals surface area contributed by atoms with Crippen molar-refractivity contribution >= 4 is 22.6 Å². The number of aryl methyl sites for hydroxylation is 1. The Morgan fingerprint density at radius 2 is 1.74 bits per heavy atom. The van der Waals surface area contributed by atoms with Crippen LogP contribution in [0.15, 0.2) is 71.3 Å². The maximum absolute atomic E-state index is 12.5. The minimum absolute atomic E-state index is 0.0662. The molecule has 0 aliphatic carbocycles. The third kappa shape index (κ3) is 3.89. The molecule has 1 aliphatic rings. The average Bonchev–Trinajstić information content (AvgIpc) is 3.25. The number of benzene rings is 2. The number of aromatic nitrogens is 2. The fourth-order valence-electron chi connectivity index (χ4n) is 4.14. The Morgan fingerprint density at radius 3 is 2.48 bits per heavy atom. The van der Waals surface area contributed by atoms with Gasteiger partial charge in [-0.15, -0.1) is 0 Å². The molecule has 5 rings (SSSR count). The van der Waals surface area contributed by atoms with Gasteiger partial charge in [-0.3, -0.25) is 4.79 Å². The van der Waals surface area contributed by atoms with Gasteiger partial charge in [0.25, 0.3) is 5.91 Å². The molecule has 0 radical (unpaired) electrons. The van der Waals surface area contributed by atoms with E-state index in [1.54, 1.807) is 12.3 Å². The summed E-state index contributed by atoms with van der Waals surface area (Å²) >= 11 is 0. The highest BCUT2D eigenvalue weighted by Gasteiger charge is 2.24. The minimum atomic E-state index is -0.0662. The van der Waals surface area contributed by atoms with Gasteiger partial charge in [0.15, 0.2) is 5.82 Å². The summed E-state index contributed by atoms with van der Waals surface area (Å²) in [5.74, 6) is 2.28. The van der Waals surface area contributed by atoms with Crippen LogP contribution < -0.4 is 10.2 Å². The second-order valence-electron chi connectivity index (χ2n) is 7.88. The largest absolute Gasteiger partial charge is 0.469 e. The van der Waals surface area contributed by atoms with E-state index in [1.807, 2.05) is 55.5 Å². The Balaban J connectivity index is 1.37. The van der Waals surface area contributed by atoms with E-state index in [9.17, 15) is 4.79 Å². The van der Waals surface area contributed by atoms with E-state index in [2.05, 4.69) is 16.3 Å². The average molecular weight is 412 g/mol. The second-order valence-corrected chi connectivity index (χ2v) is 7.88. The fourth-order valence-corrected chi connectivity index (χ4v) is 4.14. The zero-order valence-electron chi connectivity index (χ0n) is 17.4. The minimum Gasteiger partial charge on any atom is -0.469 e. The number of furan rings is 1. The topological polar surface area (TPSA) is 71.3 Å². The molecule has 6 heteroatoms. The SMILES string of the molecule is Cc1occc1C(=O)NC1CCN(c2nc(-c3ccccc3)nc3ccccc23)CC1. The van der Waals surface area contributed by atoms with Gasteiger partial charge < -0.3 is 14.6 Å². The van der Waals surface area contributed by atoms with Gasteiger partial charge in [0.1, 0.15) is 11.6 Å². The molecular weight excluding hydrogens is 388 g/mol. The Hall–Kier alpha value is -3.67. The highest BCUT2D eigenvalue weighted by atomic mass is 16.3. The summed E-state index contributed by atoms with van der Waals surface area (Å²) in [4.78, 5) is 24.6. The molecule has 1 saturated heterocycles. The Morgan fingerprint density at radius 1 is 1.00 bits per heavy atom. The lowest BCUT2D eigenvalue weighted by Crippen LogP contribution is -2.45. The summed E-state index contributed by atoms with van der Waals surface area (Å²) in [5.41, 5.74) is 2.56. The van der Waals surface area contributed by atoms with Crippen molar-refractivity contribution in [3.8, 4) is 11.4 Å². The van der Waals surface area contributed by atoms with Crippen LogP contribution in [0.4, 0.5) is 5.82 Å². The van der Waals surface area contributed by atoms with Crippen LogP contribution >= 0.6 is 0 Å². The third-order valence-corrected chi connectivity index (χ3v) is 5.85. The van der Waals surface area contributed by atoms with Crippen LogP contribution in [0.3, 0.4) is 0 Å². The van der Waals surface area contributed by atoms with Crippen molar-refractivity contribution in [3.05, 3.63) is 78.3 Å². The number of nitrogens with zero attached hydrogens (tertiary/aromatic N) is 3. The molecule has 1 N–H and O–H groups in total. The van der Waals surface area contributed by atoms with Crippen LogP contribution in [0.25, 0.3) is 22.3 Å². The van der Waals surface area contributed by atoms with E-state index >= 15 is 0 Å². The molecule has 2 aromatic heterocycles. The van der Waals surface area contributed by atoms with Gasteiger partial charge in [-0.2, -0.15) is 0 Å². The van der Waals surface area contributed by atoms with Crippen molar-refractivity contribution in [2.24, 2.45) is 0 Å². The quantitative estimate of drug-likeness (QED) is 0.531. The molecule has 2 aromatic carbocycles. The van der Waals surface area contributed by atoms with E-state index in [0.717, 1.165) is 54.0 Å². The van der Waals surface area contributed by atoms with E-state index < -0.39 is 0 Å². The fraction of sp³-hybridized carbons (Fsp3) is 0.240. The first-order valence-electron chi connectivity index (χ1n) is 10.6. The van der Waals surface area contributed by atoms with Crippen molar-refractivity contribution in [3.63, 3.8) is 0 Å².